The first-order valence-corrected chi connectivity index (χ1v) is 6.30. The molecule has 4 heteroatoms. The first kappa shape index (κ1) is 11.9. The molecular weight excluding hydrogens is 204 g/mol. The summed E-state index contributed by atoms with van der Waals surface area (Å²) >= 11 is 0. The summed E-state index contributed by atoms with van der Waals surface area (Å²) in [6.07, 6.45) is 9.21. The maximum atomic E-state index is 5.72. The van der Waals surface area contributed by atoms with E-state index in [1.165, 1.54) is 12.8 Å². The van der Waals surface area contributed by atoms with Crippen LogP contribution in [-0.2, 0) is 9.47 Å². The molecule has 1 fully saturated rings. The Hall–Kier alpha value is -0.580. The van der Waals surface area contributed by atoms with Crippen LogP contribution in [0.4, 0.5) is 0 Å². The topological polar surface area (TPSA) is 56.5 Å². The van der Waals surface area contributed by atoms with E-state index < -0.39 is 0 Å². The predicted octanol–water partition coefficient (Wildman–Crippen LogP) is 1.47. The molecule has 4 nitrogen and oxygen atoms in total. The van der Waals surface area contributed by atoms with Crippen molar-refractivity contribution < 1.29 is 9.47 Å². The van der Waals surface area contributed by atoms with Gasteiger partial charge in [-0.15, -0.1) is 0 Å². The Morgan fingerprint density at radius 1 is 1.38 bits per heavy atom. The summed E-state index contributed by atoms with van der Waals surface area (Å²) in [5, 5.41) is 0. The van der Waals surface area contributed by atoms with Crippen LogP contribution in [0.25, 0.3) is 0 Å². The Balaban J connectivity index is 1.86. The highest BCUT2D eigenvalue weighted by molar-refractivity contribution is 5.05. The lowest BCUT2D eigenvalue weighted by Crippen LogP contribution is -2.41. The zero-order chi connectivity index (χ0) is 11.2. The minimum atomic E-state index is 0.114. The second-order valence-corrected chi connectivity index (χ2v) is 4.54. The lowest BCUT2D eigenvalue weighted by atomic mass is 10.00. The maximum Gasteiger partial charge on any atom is 0.110 e. The van der Waals surface area contributed by atoms with Crippen molar-refractivity contribution in [3.63, 3.8) is 0 Å². The van der Waals surface area contributed by atoms with Gasteiger partial charge in [-0.1, -0.05) is 0 Å². The van der Waals surface area contributed by atoms with E-state index >= 15 is 0 Å². The van der Waals surface area contributed by atoms with Gasteiger partial charge < -0.3 is 9.47 Å². The van der Waals surface area contributed by atoms with E-state index in [0.717, 1.165) is 44.7 Å². The highest BCUT2D eigenvalue weighted by Gasteiger charge is 2.23. The minimum absolute atomic E-state index is 0.114. The third-order valence-electron chi connectivity index (χ3n) is 3.28. The molecule has 2 atom stereocenters. The fraction of sp³-hybridized carbons (Fsp3) is 0.833. The average Bonchev–Trinajstić information content (AvgIpc) is 2.38. The van der Waals surface area contributed by atoms with Crippen LogP contribution in [0.2, 0.25) is 0 Å². The monoisotopic (exact) mass is 226 g/mol. The molecule has 0 amide bonds. The average molecular weight is 226 g/mol. The number of hydrazine groups is 1. The Labute approximate surface area is 97.1 Å². The van der Waals surface area contributed by atoms with E-state index in [4.69, 9.17) is 15.3 Å². The van der Waals surface area contributed by atoms with Crippen molar-refractivity contribution in [3.05, 3.63) is 11.8 Å². The molecule has 0 aromatic rings. The van der Waals surface area contributed by atoms with Crippen LogP contribution in [0, 0.1) is 0 Å². The Kier molecular flexibility index (Phi) is 4.63. The Bertz CT molecular complexity index is 237. The second kappa shape index (κ2) is 6.23. The Morgan fingerprint density at radius 3 is 2.94 bits per heavy atom. The van der Waals surface area contributed by atoms with E-state index in [1.807, 2.05) is 0 Å². The van der Waals surface area contributed by atoms with Gasteiger partial charge in [0.2, 0.25) is 0 Å². The summed E-state index contributed by atoms with van der Waals surface area (Å²) in [6.45, 7) is 1.71. The van der Waals surface area contributed by atoms with Crippen molar-refractivity contribution in [2.75, 3.05) is 13.2 Å². The highest BCUT2D eigenvalue weighted by Crippen LogP contribution is 2.22. The molecule has 2 rings (SSSR count). The molecule has 1 saturated heterocycles. The van der Waals surface area contributed by atoms with Crippen LogP contribution in [-0.4, -0.2) is 25.4 Å². The molecule has 2 aliphatic heterocycles. The molecule has 16 heavy (non-hydrogen) atoms. The van der Waals surface area contributed by atoms with Crippen molar-refractivity contribution >= 4 is 0 Å². The van der Waals surface area contributed by atoms with Crippen LogP contribution >= 0.6 is 0 Å². The van der Waals surface area contributed by atoms with E-state index in [2.05, 4.69) is 11.5 Å². The van der Waals surface area contributed by atoms with Gasteiger partial charge in [0.25, 0.3) is 0 Å². The van der Waals surface area contributed by atoms with Gasteiger partial charge in [0.15, 0.2) is 0 Å². The fourth-order valence-corrected chi connectivity index (χ4v) is 2.34. The first-order valence-electron chi connectivity index (χ1n) is 6.30. The number of nitrogens with one attached hydrogen (secondary N) is 1. The van der Waals surface area contributed by atoms with Gasteiger partial charge in [0, 0.05) is 6.61 Å². The fourth-order valence-electron chi connectivity index (χ4n) is 2.34. The van der Waals surface area contributed by atoms with Gasteiger partial charge in [-0.3, -0.25) is 5.84 Å². The number of hydrogen-bond acceptors (Lipinski definition) is 4. The third-order valence-corrected chi connectivity index (χ3v) is 3.28. The van der Waals surface area contributed by atoms with Gasteiger partial charge in [-0.05, 0) is 44.6 Å². The molecule has 0 aliphatic carbocycles. The van der Waals surface area contributed by atoms with Gasteiger partial charge >= 0.3 is 0 Å². The molecule has 2 aliphatic rings. The Morgan fingerprint density at radius 2 is 2.31 bits per heavy atom. The second-order valence-electron chi connectivity index (χ2n) is 4.54. The zero-order valence-electron chi connectivity index (χ0n) is 9.78. The van der Waals surface area contributed by atoms with Gasteiger partial charge in [0.05, 0.1) is 18.8 Å². The van der Waals surface area contributed by atoms with E-state index in [-0.39, 0.29) is 6.04 Å². The molecule has 2 heterocycles. The highest BCUT2D eigenvalue weighted by atomic mass is 16.5. The zero-order valence-corrected chi connectivity index (χ0v) is 9.78. The van der Waals surface area contributed by atoms with Crippen LogP contribution in [0.1, 0.15) is 38.5 Å². The third kappa shape index (κ3) is 3.20. The van der Waals surface area contributed by atoms with Crippen LogP contribution in [0.3, 0.4) is 0 Å². The lowest BCUT2D eigenvalue weighted by molar-refractivity contribution is 0.00288. The number of rotatable bonds is 4. The smallest absolute Gasteiger partial charge is 0.110 e. The molecule has 0 radical (unpaired) electrons. The van der Waals surface area contributed by atoms with Gasteiger partial charge in [0.1, 0.15) is 5.76 Å². The molecule has 0 aromatic heterocycles. The number of nitrogens with two attached hydrogens (primary N) is 1. The summed E-state index contributed by atoms with van der Waals surface area (Å²) < 4.78 is 11.4. The number of ether oxygens (including phenoxy) is 2. The van der Waals surface area contributed by atoms with Gasteiger partial charge in [-0.25, -0.2) is 5.43 Å². The summed E-state index contributed by atoms with van der Waals surface area (Å²) in [5.41, 5.74) is 2.85. The molecule has 92 valence electrons. The van der Waals surface area contributed by atoms with Crippen molar-refractivity contribution in [3.8, 4) is 0 Å². The molecule has 0 saturated carbocycles. The predicted molar refractivity (Wildman–Crippen MR) is 62.6 cm³/mol. The summed E-state index contributed by atoms with van der Waals surface area (Å²) in [4.78, 5) is 0. The van der Waals surface area contributed by atoms with Crippen molar-refractivity contribution in [1.29, 1.82) is 0 Å². The largest absolute Gasteiger partial charge is 0.497 e. The minimum Gasteiger partial charge on any atom is -0.497 e. The maximum absolute atomic E-state index is 5.72. The standard InChI is InChI=1S/C12H22N2O2/c13-14-11(12-6-2-4-8-16-12)9-10-5-1-3-7-15-10/h6,10-11,14H,1-5,7-9,13H2. The normalized spacial score (nSPS) is 28.1. The molecule has 0 spiro atoms. The van der Waals surface area contributed by atoms with Crippen LogP contribution < -0.4 is 11.3 Å². The quantitative estimate of drug-likeness (QED) is 0.563. The summed E-state index contributed by atoms with van der Waals surface area (Å²) in [7, 11) is 0. The first-order chi connectivity index (χ1) is 7.90. The SMILES string of the molecule is NNC(CC1CCCCO1)C1=CCCCO1. The molecule has 0 bridgehead atoms. The van der Waals surface area contributed by atoms with Crippen molar-refractivity contribution in [1.82, 2.24) is 5.43 Å². The van der Waals surface area contributed by atoms with Crippen molar-refractivity contribution in [2.24, 2.45) is 5.84 Å². The number of allylic oxidation sites excluding steroid dienone is 1. The summed E-state index contributed by atoms with van der Waals surface area (Å²) in [5.74, 6) is 6.60. The number of hydrogen-bond donors (Lipinski definition) is 2. The van der Waals surface area contributed by atoms with Crippen LogP contribution in [0.5, 0.6) is 0 Å². The summed E-state index contributed by atoms with van der Waals surface area (Å²) in [6, 6.07) is 0.114. The van der Waals surface area contributed by atoms with Crippen molar-refractivity contribution in [2.45, 2.75) is 50.7 Å². The van der Waals surface area contributed by atoms with Gasteiger partial charge in [-0.2, -0.15) is 0 Å². The molecular formula is C12H22N2O2. The molecule has 3 N–H and O–H groups in total. The van der Waals surface area contributed by atoms with E-state index in [9.17, 15) is 0 Å². The molecule has 0 aromatic carbocycles. The molecule has 2 unspecified atom stereocenters. The van der Waals surface area contributed by atoms with Crippen LogP contribution in [0.15, 0.2) is 11.8 Å². The van der Waals surface area contributed by atoms with E-state index in [1.54, 1.807) is 0 Å². The van der Waals surface area contributed by atoms with E-state index in [0.29, 0.717) is 6.10 Å². The lowest BCUT2D eigenvalue weighted by Gasteiger charge is -2.29.